The normalized spacial score (nSPS) is 16.5. The van der Waals surface area contributed by atoms with Crippen LogP contribution < -0.4 is 0 Å². The van der Waals surface area contributed by atoms with Crippen LogP contribution in [0.1, 0.15) is 17.7 Å². The predicted octanol–water partition coefficient (Wildman–Crippen LogP) is 3.43. The molecule has 0 saturated carbocycles. The van der Waals surface area contributed by atoms with Crippen LogP contribution in [0.2, 0.25) is 0 Å². The largest absolute Gasteiger partial charge is 0.478 e. The molecule has 0 saturated heterocycles. The van der Waals surface area contributed by atoms with Gasteiger partial charge in [-0.1, -0.05) is 24.3 Å². The quantitative estimate of drug-likeness (QED) is 0.858. The van der Waals surface area contributed by atoms with Crippen molar-refractivity contribution in [1.29, 1.82) is 0 Å². The summed E-state index contributed by atoms with van der Waals surface area (Å²) >= 11 is 0. The van der Waals surface area contributed by atoms with Gasteiger partial charge >= 0.3 is 5.97 Å². The Morgan fingerprint density at radius 3 is 3.00 bits per heavy atom. The molecule has 4 nitrogen and oxygen atoms in total. The lowest BCUT2D eigenvalue weighted by atomic mass is 10.0. The molecule has 20 heavy (non-hydrogen) atoms. The predicted molar refractivity (Wildman–Crippen MR) is 75.4 cm³/mol. The first-order valence-electron chi connectivity index (χ1n) is 6.36. The molecule has 98 valence electrons. The fourth-order valence-electron chi connectivity index (χ4n) is 2.65. The number of hydrogen-bond donors (Lipinski definition) is 1. The van der Waals surface area contributed by atoms with Crippen LogP contribution in [-0.4, -0.2) is 16.0 Å². The van der Waals surface area contributed by atoms with E-state index in [0.717, 1.165) is 28.0 Å². The molecule has 0 spiro atoms. The van der Waals surface area contributed by atoms with Crippen LogP contribution in [0.3, 0.4) is 0 Å². The van der Waals surface area contributed by atoms with Gasteiger partial charge in [0.25, 0.3) is 0 Å². The Hall–Kier alpha value is -2.75. The van der Waals surface area contributed by atoms with Gasteiger partial charge in [0.15, 0.2) is 5.76 Å². The van der Waals surface area contributed by atoms with Gasteiger partial charge in [0, 0.05) is 29.8 Å². The fraction of sp³-hybridized carbons (Fsp3) is 0.0625. The summed E-state index contributed by atoms with van der Waals surface area (Å²) in [4.78, 5) is 12.8. The van der Waals surface area contributed by atoms with E-state index in [2.05, 4.69) is 0 Å². The second kappa shape index (κ2) is 3.87. The molecule has 0 aliphatic carbocycles. The number of carboxylic acids is 1. The third kappa shape index (κ3) is 1.45. The van der Waals surface area contributed by atoms with Gasteiger partial charge in [0.1, 0.15) is 5.58 Å². The summed E-state index contributed by atoms with van der Waals surface area (Å²) in [5.41, 5.74) is 3.18. The number of allylic oxidation sites excluding steroid dienone is 1. The molecule has 0 amide bonds. The summed E-state index contributed by atoms with van der Waals surface area (Å²) in [5.74, 6) is -0.0847. The number of carbonyl (C=O) groups is 1. The second-order valence-electron chi connectivity index (χ2n) is 4.82. The molecule has 1 N–H and O–H groups in total. The molecule has 0 bridgehead atoms. The van der Waals surface area contributed by atoms with Crippen LogP contribution >= 0.6 is 0 Å². The van der Waals surface area contributed by atoms with Crippen molar-refractivity contribution in [3.63, 3.8) is 0 Å². The van der Waals surface area contributed by atoms with Crippen molar-refractivity contribution in [2.24, 2.45) is 0 Å². The van der Waals surface area contributed by atoms with E-state index < -0.39 is 5.97 Å². The van der Waals surface area contributed by atoms with E-state index in [1.165, 1.54) is 0 Å². The highest BCUT2D eigenvalue weighted by molar-refractivity contribution is 5.95. The topological polar surface area (TPSA) is 53.7 Å². The molecular weight excluding hydrogens is 254 g/mol. The van der Waals surface area contributed by atoms with Gasteiger partial charge in [-0.05, 0) is 12.1 Å². The molecule has 2 aliphatic heterocycles. The number of benzene rings is 1. The number of furan rings is 1. The van der Waals surface area contributed by atoms with Crippen molar-refractivity contribution >= 4 is 28.7 Å². The molecular formula is C16H11NO3. The number of fused-ring (bicyclic) bond motifs is 5. The zero-order valence-electron chi connectivity index (χ0n) is 10.5. The molecule has 0 atom stereocenters. The Balaban J connectivity index is 1.88. The maximum atomic E-state index is 11.0. The number of hydrogen-bond acceptors (Lipinski definition) is 3. The minimum absolute atomic E-state index is 0.373. The lowest BCUT2D eigenvalue weighted by Crippen LogP contribution is -2.18. The van der Waals surface area contributed by atoms with Crippen molar-refractivity contribution in [2.45, 2.75) is 6.42 Å². The summed E-state index contributed by atoms with van der Waals surface area (Å²) in [6.07, 6.45) is 7.78. The van der Waals surface area contributed by atoms with E-state index in [1.807, 2.05) is 42.6 Å². The van der Waals surface area contributed by atoms with E-state index in [0.29, 0.717) is 12.0 Å². The molecule has 1 aromatic heterocycles. The molecule has 4 rings (SSSR count). The minimum atomic E-state index is -0.885. The highest BCUT2D eigenvalue weighted by Crippen LogP contribution is 2.39. The first-order chi connectivity index (χ1) is 9.74. The first-order valence-corrected chi connectivity index (χ1v) is 6.36. The standard InChI is InChI=1S/C16H11NO3/c18-16(19)10-5-6-13-15-12(7-8-17(13)9-10)11-3-1-2-4-14(11)20-15/h1-4,6-9H,5H2,(H,18,19). The molecule has 4 heteroatoms. The van der Waals surface area contributed by atoms with Gasteiger partial charge in [-0.3, -0.25) is 0 Å². The molecule has 0 fully saturated rings. The minimum Gasteiger partial charge on any atom is -0.478 e. The number of nitrogens with zero attached hydrogens (tertiary/aromatic N) is 1. The molecule has 2 aromatic rings. The number of aliphatic carboxylic acids is 1. The number of carboxylic acid groups (broad SMARTS) is 1. The lowest BCUT2D eigenvalue weighted by molar-refractivity contribution is -0.132. The van der Waals surface area contributed by atoms with E-state index in [9.17, 15) is 4.79 Å². The third-order valence-electron chi connectivity index (χ3n) is 3.63. The Kier molecular flexibility index (Phi) is 2.15. The maximum Gasteiger partial charge on any atom is 0.333 e. The third-order valence-corrected chi connectivity index (χ3v) is 3.63. The van der Waals surface area contributed by atoms with Crippen molar-refractivity contribution < 1.29 is 14.3 Å². The molecule has 1 aromatic carbocycles. The summed E-state index contributed by atoms with van der Waals surface area (Å²) in [5, 5.41) is 10.1. The van der Waals surface area contributed by atoms with E-state index in [1.54, 1.807) is 11.1 Å². The van der Waals surface area contributed by atoms with Gasteiger partial charge in [-0.25, -0.2) is 4.79 Å². The average molecular weight is 265 g/mol. The van der Waals surface area contributed by atoms with Crippen molar-refractivity contribution in [3.8, 4) is 0 Å². The maximum absolute atomic E-state index is 11.0. The van der Waals surface area contributed by atoms with E-state index in [-0.39, 0.29) is 0 Å². The number of para-hydroxylation sites is 1. The Bertz CT molecular complexity index is 823. The van der Waals surface area contributed by atoms with Crippen LogP contribution in [0.4, 0.5) is 0 Å². The van der Waals surface area contributed by atoms with Crippen LogP contribution in [-0.2, 0) is 4.79 Å². The zero-order valence-corrected chi connectivity index (χ0v) is 10.5. The Morgan fingerprint density at radius 2 is 2.15 bits per heavy atom. The number of rotatable bonds is 1. The van der Waals surface area contributed by atoms with Crippen LogP contribution in [0.5, 0.6) is 0 Å². The smallest absolute Gasteiger partial charge is 0.333 e. The van der Waals surface area contributed by atoms with E-state index >= 15 is 0 Å². The summed E-state index contributed by atoms with van der Waals surface area (Å²) < 4.78 is 5.92. The van der Waals surface area contributed by atoms with Crippen molar-refractivity contribution in [1.82, 2.24) is 4.90 Å². The van der Waals surface area contributed by atoms with Gasteiger partial charge in [0.05, 0.1) is 11.3 Å². The summed E-state index contributed by atoms with van der Waals surface area (Å²) in [6.45, 7) is 0. The molecule has 3 heterocycles. The van der Waals surface area contributed by atoms with Gasteiger partial charge < -0.3 is 14.4 Å². The highest BCUT2D eigenvalue weighted by Gasteiger charge is 2.26. The van der Waals surface area contributed by atoms with Gasteiger partial charge in [-0.2, -0.15) is 0 Å². The molecule has 0 radical (unpaired) electrons. The summed E-state index contributed by atoms with van der Waals surface area (Å²) in [6, 6.07) is 7.89. The lowest BCUT2D eigenvalue weighted by Gasteiger charge is -2.26. The Labute approximate surface area is 114 Å². The monoisotopic (exact) mass is 265 g/mol. The van der Waals surface area contributed by atoms with Crippen molar-refractivity contribution in [2.75, 3.05) is 0 Å². The van der Waals surface area contributed by atoms with Gasteiger partial charge in [0.2, 0.25) is 0 Å². The van der Waals surface area contributed by atoms with Crippen molar-refractivity contribution in [3.05, 3.63) is 59.6 Å². The highest BCUT2D eigenvalue weighted by atomic mass is 16.4. The van der Waals surface area contributed by atoms with Crippen LogP contribution in [0.25, 0.3) is 22.7 Å². The molecule has 0 unspecified atom stereocenters. The SMILES string of the molecule is O=C(O)C1=CN2C=Cc3c(oc4ccccc34)C2=CC1. The second-order valence-corrected chi connectivity index (χ2v) is 4.82. The first kappa shape index (κ1) is 11.1. The Morgan fingerprint density at radius 1 is 1.30 bits per heavy atom. The van der Waals surface area contributed by atoms with Gasteiger partial charge in [-0.15, -0.1) is 0 Å². The fourth-order valence-corrected chi connectivity index (χ4v) is 2.65. The van der Waals surface area contributed by atoms with Crippen LogP contribution in [0.15, 0.2) is 52.7 Å². The average Bonchev–Trinajstić information content (AvgIpc) is 2.85. The van der Waals surface area contributed by atoms with Crippen LogP contribution in [0, 0.1) is 0 Å². The zero-order chi connectivity index (χ0) is 13.7. The molecule has 2 aliphatic rings. The van der Waals surface area contributed by atoms with E-state index in [4.69, 9.17) is 9.52 Å². The summed E-state index contributed by atoms with van der Waals surface area (Å²) in [7, 11) is 0.